The van der Waals surface area contributed by atoms with Gasteiger partial charge in [0.15, 0.2) is 0 Å². The Balaban J connectivity index is -0.0000000693. The summed E-state index contributed by atoms with van der Waals surface area (Å²) < 4.78 is 6.09. The molecule has 0 aliphatic heterocycles. The molecule has 0 saturated carbocycles. The summed E-state index contributed by atoms with van der Waals surface area (Å²) >= 11 is 0. The normalized spacial score (nSPS) is 10.4. The lowest BCUT2D eigenvalue weighted by molar-refractivity contribution is -0.0247. The molecule has 0 amide bonds. The summed E-state index contributed by atoms with van der Waals surface area (Å²) in [6.45, 7) is 29.3. The van der Waals surface area contributed by atoms with E-state index in [1.807, 2.05) is 55.4 Å². The standard InChI is InChI=1S/C13H28O.C4H10.4C2H6/c1-5-9-11-13(8-4)14-12(7-3)10-6-2;1-3-4-2;4*1-2/h12-13H,5-11H2,1-4H3;3-4H2,1-2H3;4*1-2H3. The third-order valence-corrected chi connectivity index (χ3v) is 3.29. The second kappa shape index (κ2) is 56.3. The summed E-state index contributed by atoms with van der Waals surface area (Å²) in [6.07, 6.45) is 12.3. The van der Waals surface area contributed by atoms with E-state index in [1.54, 1.807) is 0 Å². The molecule has 0 spiro atoms. The van der Waals surface area contributed by atoms with Gasteiger partial charge in [0.25, 0.3) is 0 Å². The van der Waals surface area contributed by atoms with E-state index in [1.165, 1.54) is 51.4 Å². The summed E-state index contributed by atoms with van der Waals surface area (Å²) in [5.41, 5.74) is 0. The van der Waals surface area contributed by atoms with Gasteiger partial charge >= 0.3 is 0 Å². The van der Waals surface area contributed by atoms with Crippen LogP contribution in [0, 0.1) is 0 Å². The fourth-order valence-electron chi connectivity index (χ4n) is 1.76. The first-order valence-electron chi connectivity index (χ1n) is 12.3. The van der Waals surface area contributed by atoms with Gasteiger partial charge in [-0.1, -0.05) is 129 Å². The minimum absolute atomic E-state index is 0.502. The van der Waals surface area contributed by atoms with Crippen molar-refractivity contribution in [2.45, 2.75) is 167 Å². The average Bonchev–Trinajstić information content (AvgIpc) is 2.76. The first-order chi connectivity index (χ1) is 12.7. The quantitative estimate of drug-likeness (QED) is 0.367. The second-order valence-corrected chi connectivity index (χ2v) is 5.13. The fourth-order valence-corrected chi connectivity index (χ4v) is 1.76. The Morgan fingerprint density at radius 2 is 0.808 bits per heavy atom. The minimum Gasteiger partial charge on any atom is -0.375 e. The van der Waals surface area contributed by atoms with Crippen molar-refractivity contribution in [1.82, 2.24) is 0 Å². The lowest BCUT2D eigenvalue weighted by atomic mass is 10.1. The third-order valence-electron chi connectivity index (χ3n) is 3.29. The van der Waals surface area contributed by atoms with Gasteiger partial charge in [-0.05, 0) is 25.7 Å². The highest BCUT2D eigenvalue weighted by Gasteiger charge is 2.12. The van der Waals surface area contributed by atoms with Crippen molar-refractivity contribution in [3.63, 3.8) is 0 Å². The van der Waals surface area contributed by atoms with Gasteiger partial charge in [0.05, 0.1) is 12.2 Å². The molecule has 0 aromatic heterocycles. The summed E-state index contributed by atoms with van der Waals surface area (Å²) in [4.78, 5) is 0. The number of hydrogen-bond acceptors (Lipinski definition) is 1. The summed E-state index contributed by atoms with van der Waals surface area (Å²) in [5.74, 6) is 0. The SMILES string of the molecule is CC.CC.CC.CC.CCCC.CCCCC(CC)OC(CC)CCC. The van der Waals surface area contributed by atoms with E-state index in [-0.39, 0.29) is 0 Å². The van der Waals surface area contributed by atoms with Crippen molar-refractivity contribution < 1.29 is 4.74 Å². The van der Waals surface area contributed by atoms with E-state index in [9.17, 15) is 0 Å². The lowest BCUT2D eigenvalue weighted by Gasteiger charge is -2.23. The van der Waals surface area contributed by atoms with E-state index in [0.29, 0.717) is 12.2 Å². The molecule has 26 heavy (non-hydrogen) atoms. The Morgan fingerprint density at radius 3 is 1.04 bits per heavy atom. The predicted octanol–water partition coefficient (Wildman–Crippen LogP) is 10.5. The lowest BCUT2D eigenvalue weighted by Crippen LogP contribution is -2.21. The van der Waals surface area contributed by atoms with Gasteiger partial charge in [-0.2, -0.15) is 0 Å². The van der Waals surface area contributed by atoms with Gasteiger partial charge in [-0.15, -0.1) is 0 Å². The maximum Gasteiger partial charge on any atom is 0.0576 e. The molecule has 0 aromatic rings. The Kier molecular flexibility index (Phi) is 87.8. The first kappa shape index (κ1) is 40.6. The molecule has 168 valence electrons. The second-order valence-electron chi connectivity index (χ2n) is 5.13. The zero-order valence-corrected chi connectivity index (χ0v) is 21.9. The largest absolute Gasteiger partial charge is 0.375 e. The van der Waals surface area contributed by atoms with Gasteiger partial charge in [-0.25, -0.2) is 0 Å². The number of unbranched alkanes of at least 4 members (excludes halogenated alkanes) is 2. The van der Waals surface area contributed by atoms with Crippen molar-refractivity contribution in [2.75, 3.05) is 0 Å². The molecular weight excluding hydrogens is 316 g/mol. The van der Waals surface area contributed by atoms with Gasteiger partial charge in [0, 0.05) is 0 Å². The summed E-state index contributed by atoms with van der Waals surface area (Å²) in [6, 6.07) is 0. The highest BCUT2D eigenvalue weighted by atomic mass is 16.5. The molecule has 0 heterocycles. The first-order valence-corrected chi connectivity index (χ1v) is 12.3. The predicted molar refractivity (Wildman–Crippen MR) is 130 cm³/mol. The van der Waals surface area contributed by atoms with Crippen LogP contribution in [-0.4, -0.2) is 12.2 Å². The monoisotopic (exact) mass is 378 g/mol. The highest BCUT2D eigenvalue weighted by Crippen LogP contribution is 2.15. The van der Waals surface area contributed by atoms with Crippen LogP contribution in [0.4, 0.5) is 0 Å². The maximum absolute atomic E-state index is 6.09. The van der Waals surface area contributed by atoms with Crippen LogP contribution in [0.3, 0.4) is 0 Å². The number of hydrogen-bond donors (Lipinski definition) is 0. The number of ether oxygens (including phenoxy) is 1. The van der Waals surface area contributed by atoms with Gasteiger partial charge in [-0.3, -0.25) is 0 Å². The molecule has 0 fully saturated rings. The Morgan fingerprint density at radius 1 is 0.462 bits per heavy atom. The molecule has 2 unspecified atom stereocenters. The molecule has 0 radical (unpaired) electrons. The average molecular weight is 379 g/mol. The molecule has 0 aliphatic rings. The van der Waals surface area contributed by atoms with E-state index in [4.69, 9.17) is 4.74 Å². The third kappa shape index (κ3) is 49.6. The van der Waals surface area contributed by atoms with Crippen LogP contribution < -0.4 is 0 Å². The molecule has 0 bridgehead atoms. The maximum atomic E-state index is 6.09. The van der Waals surface area contributed by atoms with Crippen molar-refractivity contribution >= 4 is 0 Å². The zero-order valence-electron chi connectivity index (χ0n) is 21.9. The molecule has 0 rings (SSSR count). The highest BCUT2D eigenvalue weighted by molar-refractivity contribution is 4.61. The van der Waals surface area contributed by atoms with Crippen LogP contribution in [0.2, 0.25) is 0 Å². The van der Waals surface area contributed by atoms with Crippen LogP contribution in [0.1, 0.15) is 155 Å². The van der Waals surface area contributed by atoms with Crippen molar-refractivity contribution in [2.24, 2.45) is 0 Å². The van der Waals surface area contributed by atoms with Crippen LogP contribution in [-0.2, 0) is 4.74 Å². The van der Waals surface area contributed by atoms with Crippen LogP contribution in [0.5, 0.6) is 0 Å². The topological polar surface area (TPSA) is 9.23 Å². The van der Waals surface area contributed by atoms with E-state index >= 15 is 0 Å². The van der Waals surface area contributed by atoms with Gasteiger partial charge in [0.1, 0.15) is 0 Å². The van der Waals surface area contributed by atoms with Crippen LogP contribution in [0.25, 0.3) is 0 Å². The van der Waals surface area contributed by atoms with Crippen molar-refractivity contribution in [3.05, 3.63) is 0 Å². The fraction of sp³-hybridized carbons (Fsp3) is 1.00. The molecule has 2 atom stereocenters. The van der Waals surface area contributed by atoms with Gasteiger partial charge < -0.3 is 4.74 Å². The minimum atomic E-state index is 0.502. The zero-order chi connectivity index (χ0) is 22.2. The summed E-state index contributed by atoms with van der Waals surface area (Å²) in [7, 11) is 0. The Bertz CT molecular complexity index is 132. The van der Waals surface area contributed by atoms with Gasteiger partial charge in [0.2, 0.25) is 0 Å². The summed E-state index contributed by atoms with van der Waals surface area (Å²) in [5, 5.41) is 0. The van der Waals surface area contributed by atoms with Crippen molar-refractivity contribution in [3.8, 4) is 0 Å². The smallest absolute Gasteiger partial charge is 0.0576 e. The molecule has 1 heteroatoms. The van der Waals surface area contributed by atoms with Crippen LogP contribution >= 0.6 is 0 Å². The Hall–Kier alpha value is -0.0400. The van der Waals surface area contributed by atoms with E-state index < -0.39 is 0 Å². The van der Waals surface area contributed by atoms with Crippen LogP contribution in [0.15, 0.2) is 0 Å². The molecule has 1 nitrogen and oxygen atoms in total. The molecule has 0 aromatic carbocycles. The number of rotatable bonds is 10. The van der Waals surface area contributed by atoms with E-state index in [0.717, 1.165) is 6.42 Å². The van der Waals surface area contributed by atoms with Crippen molar-refractivity contribution in [1.29, 1.82) is 0 Å². The van der Waals surface area contributed by atoms with E-state index in [2.05, 4.69) is 41.5 Å². The molecular formula is C25H62O. The Labute approximate surface area is 172 Å². The molecule has 0 saturated heterocycles. The molecule has 0 N–H and O–H groups in total. The molecule has 0 aliphatic carbocycles.